The molecule has 1 aromatic heterocycles. The van der Waals surface area contributed by atoms with Crippen molar-refractivity contribution in [2.24, 2.45) is 0 Å². The van der Waals surface area contributed by atoms with E-state index in [1.165, 1.54) is 17.8 Å². The van der Waals surface area contributed by atoms with Crippen molar-refractivity contribution in [1.29, 1.82) is 0 Å². The molecule has 0 aliphatic rings. The van der Waals surface area contributed by atoms with Crippen LogP contribution in [0, 0.1) is 5.82 Å². The van der Waals surface area contributed by atoms with Crippen LogP contribution in [0.2, 0.25) is 0 Å². The minimum atomic E-state index is -0.339. The van der Waals surface area contributed by atoms with Crippen molar-refractivity contribution in [3.8, 4) is 22.8 Å². The Morgan fingerprint density at radius 3 is 2.09 bits per heavy atom. The fourth-order valence-electron chi connectivity index (χ4n) is 3.28. The number of hydrogen-bond donors (Lipinski definition) is 1. The van der Waals surface area contributed by atoms with E-state index in [1.807, 2.05) is 24.3 Å². The summed E-state index contributed by atoms with van der Waals surface area (Å²) >= 11 is 0. The molecule has 1 amide bonds. The number of ether oxygens (including phenoxy) is 1. The van der Waals surface area contributed by atoms with Crippen LogP contribution in [0.5, 0.6) is 11.5 Å². The monoisotopic (exact) mass is 473 g/mol. The average Bonchev–Trinajstić information content (AvgIpc) is 2.84. The maximum atomic E-state index is 13.0. The van der Waals surface area contributed by atoms with Gasteiger partial charge in [-0.1, -0.05) is 19.6 Å². The predicted octanol–water partition coefficient (Wildman–Crippen LogP) is 5.84. The van der Waals surface area contributed by atoms with Crippen LogP contribution >= 0.6 is 0 Å². The highest BCUT2D eigenvalue weighted by atomic mass is 19.1. The Hall–Kier alpha value is -4.10. The number of quaternary nitrogens is 1. The molecule has 7 heteroatoms. The van der Waals surface area contributed by atoms with E-state index < -0.39 is 0 Å². The predicted molar refractivity (Wildman–Crippen MR) is 138 cm³/mol. The molecule has 3 aromatic carbocycles. The Balaban J connectivity index is 0.00000342. The number of nitrogens with zero attached hydrogens (tertiary/aromatic N) is 3. The summed E-state index contributed by atoms with van der Waals surface area (Å²) in [5, 5.41) is 2.88. The van der Waals surface area contributed by atoms with Gasteiger partial charge >= 0.3 is 0 Å². The van der Waals surface area contributed by atoms with Gasteiger partial charge in [0.05, 0.1) is 26.8 Å². The summed E-state index contributed by atoms with van der Waals surface area (Å²) in [6, 6.07) is 23.0. The molecule has 0 unspecified atom stereocenters. The summed E-state index contributed by atoms with van der Waals surface area (Å²) in [5.41, 5.74) is 3.62. The molecule has 0 radical (unpaired) electrons. The number of carbonyl (C=O) groups excluding carboxylic acids is 1. The molecule has 0 aliphatic carbocycles. The maximum Gasteiger partial charge on any atom is 0.289 e. The Kier molecular flexibility index (Phi) is 7.94. The molecule has 35 heavy (non-hydrogen) atoms. The Labute approximate surface area is 205 Å². The molecule has 1 heterocycles. The zero-order chi connectivity index (χ0) is 24.1. The highest BCUT2D eigenvalue weighted by Crippen LogP contribution is 2.25. The van der Waals surface area contributed by atoms with Gasteiger partial charge in [-0.25, -0.2) is 14.4 Å². The van der Waals surface area contributed by atoms with Crippen molar-refractivity contribution < 1.29 is 13.9 Å². The second-order valence-corrected chi connectivity index (χ2v) is 8.71. The highest BCUT2D eigenvalue weighted by Gasteiger charge is 2.13. The van der Waals surface area contributed by atoms with Crippen LogP contribution in [-0.4, -0.2) is 37.0 Å². The highest BCUT2D eigenvalue weighted by molar-refractivity contribution is 5.90. The van der Waals surface area contributed by atoms with Gasteiger partial charge in [-0.15, -0.1) is 0 Å². The molecule has 0 aliphatic heterocycles. The van der Waals surface area contributed by atoms with Crippen molar-refractivity contribution >= 4 is 11.6 Å². The van der Waals surface area contributed by atoms with E-state index in [0.29, 0.717) is 23.7 Å². The van der Waals surface area contributed by atoms with E-state index in [0.717, 1.165) is 15.6 Å². The molecular formula is C28H30FN4O2+. The molecule has 0 bridgehead atoms. The van der Waals surface area contributed by atoms with Gasteiger partial charge in [0.1, 0.15) is 23.0 Å². The third-order valence-corrected chi connectivity index (χ3v) is 5.22. The second kappa shape index (κ2) is 10.9. The molecule has 0 spiro atoms. The Morgan fingerprint density at radius 2 is 1.49 bits per heavy atom. The molecule has 0 atom stereocenters. The van der Waals surface area contributed by atoms with Gasteiger partial charge in [0, 0.05) is 18.3 Å². The van der Waals surface area contributed by atoms with Crippen LogP contribution in [0.25, 0.3) is 11.3 Å². The zero-order valence-electron chi connectivity index (χ0n) is 19.3. The van der Waals surface area contributed by atoms with Crippen molar-refractivity contribution in [3.05, 3.63) is 102 Å². The summed E-state index contributed by atoms with van der Waals surface area (Å²) in [7, 11) is 6.31. The van der Waals surface area contributed by atoms with Crippen LogP contribution in [0.3, 0.4) is 0 Å². The first-order valence-corrected chi connectivity index (χ1v) is 10.8. The fourth-order valence-corrected chi connectivity index (χ4v) is 3.28. The smallest absolute Gasteiger partial charge is 0.289 e. The summed E-state index contributed by atoms with van der Waals surface area (Å²) < 4.78 is 19.5. The molecule has 6 nitrogen and oxygen atoms in total. The number of nitrogens with one attached hydrogen (secondary N) is 1. The Morgan fingerprint density at radius 1 is 0.886 bits per heavy atom. The van der Waals surface area contributed by atoms with Crippen molar-refractivity contribution in [2.45, 2.75) is 14.0 Å². The minimum Gasteiger partial charge on any atom is -0.457 e. The number of hydrogen-bond acceptors (Lipinski definition) is 4. The average molecular weight is 474 g/mol. The van der Waals surface area contributed by atoms with Gasteiger partial charge in [0.2, 0.25) is 5.82 Å². The molecule has 0 saturated carbocycles. The van der Waals surface area contributed by atoms with E-state index in [-0.39, 0.29) is 25.0 Å². The van der Waals surface area contributed by atoms with Gasteiger partial charge in [-0.2, -0.15) is 0 Å². The van der Waals surface area contributed by atoms with Gasteiger partial charge in [-0.05, 0) is 72.3 Å². The Bertz CT molecular complexity index is 1270. The van der Waals surface area contributed by atoms with E-state index in [9.17, 15) is 9.18 Å². The lowest BCUT2D eigenvalue weighted by Crippen LogP contribution is -2.34. The molecular weight excluding hydrogens is 443 g/mol. The third-order valence-electron chi connectivity index (χ3n) is 5.22. The number of aromatic nitrogens is 2. The van der Waals surface area contributed by atoms with E-state index >= 15 is 0 Å². The number of carbonyl (C=O) groups is 1. The SMILES string of the molecule is C.C[N+](C)(C)c1ccc(CNC(=O)c2nccc(-c3ccc(Oc4ccc(F)cc4)cc3)n2)cc1. The lowest BCUT2D eigenvalue weighted by atomic mass is 10.1. The normalized spacial score (nSPS) is 10.9. The van der Waals surface area contributed by atoms with E-state index in [1.54, 1.807) is 36.5 Å². The zero-order valence-corrected chi connectivity index (χ0v) is 19.3. The number of benzene rings is 3. The quantitative estimate of drug-likeness (QED) is 0.343. The van der Waals surface area contributed by atoms with Crippen LogP contribution in [0.1, 0.15) is 23.6 Å². The van der Waals surface area contributed by atoms with E-state index in [4.69, 9.17) is 4.74 Å². The minimum absolute atomic E-state index is 0. The van der Waals surface area contributed by atoms with E-state index in [2.05, 4.69) is 48.6 Å². The fraction of sp³-hybridized carbons (Fsp3) is 0.179. The van der Waals surface area contributed by atoms with Gasteiger partial charge < -0.3 is 10.1 Å². The topological polar surface area (TPSA) is 64.1 Å². The van der Waals surface area contributed by atoms with Crippen LogP contribution in [-0.2, 0) is 6.54 Å². The molecule has 4 rings (SSSR count). The lowest BCUT2D eigenvalue weighted by molar-refractivity contribution is 0.0940. The van der Waals surface area contributed by atoms with Gasteiger partial charge in [0.25, 0.3) is 5.91 Å². The van der Waals surface area contributed by atoms with Crippen LogP contribution in [0.15, 0.2) is 85.1 Å². The summed E-state index contributed by atoms with van der Waals surface area (Å²) in [6.07, 6.45) is 1.57. The molecule has 0 fully saturated rings. The molecule has 180 valence electrons. The van der Waals surface area contributed by atoms with Crippen LogP contribution < -0.4 is 14.5 Å². The number of rotatable bonds is 7. The molecule has 4 aromatic rings. The molecule has 1 N–H and O–H groups in total. The number of amides is 1. The third kappa shape index (κ3) is 6.71. The first-order valence-electron chi connectivity index (χ1n) is 10.8. The van der Waals surface area contributed by atoms with Crippen LogP contribution in [0.4, 0.5) is 10.1 Å². The summed E-state index contributed by atoms with van der Waals surface area (Å²) in [4.78, 5) is 21.2. The van der Waals surface area contributed by atoms with Gasteiger partial charge in [-0.3, -0.25) is 9.28 Å². The van der Waals surface area contributed by atoms with Crippen molar-refractivity contribution in [2.75, 3.05) is 21.1 Å². The first kappa shape index (κ1) is 25.5. The standard InChI is InChI=1S/C27H25FN4O2.CH4/c1-32(2,3)22-10-4-19(5-11-22)18-30-27(33)26-29-17-16-25(31-26)20-6-12-23(13-7-20)34-24-14-8-21(28)9-15-24;/h4-17H,18H2,1-3H3;1H4/p+1. The first-order chi connectivity index (χ1) is 16.3. The van der Waals surface area contributed by atoms with Gasteiger partial charge in [0.15, 0.2) is 0 Å². The maximum absolute atomic E-state index is 13.0. The molecule has 0 saturated heterocycles. The largest absolute Gasteiger partial charge is 0.457 e. The lowest BCUT2D eigenvalue weighted by Gasteiger charge is -2.23. The summed E-state index contributed by atoms with van der Waals surface area (Å²) in [6.45, 7) is 0.388. The number of halogens is 1. The second-order valence-electron chi connectivity index (χ2n) is 8.71. The van der Waals surface area contributed by atoms with Crippen molar-refractivity contribution in [3.63, 3.8) is 0 Å². The summed E-state index contributed by atoms with van der Waals surface area (Å²) in [5.74, 6) is 0.603. The van der Waals surface area contributed by atoms with Crippen molar-refractivity contribution in [1.82, 2.24) is 19.8 Å².